The molecule has 0 aromatic carbocycles. The van der Waals surface area contributed by atoms with Crippen molar-refractivity contribution in [1.82, 2.24) is 24.2 Å². The minimum atomic E-state index is 0.174. The molecule has 0 amide bonds. The molecule has 7 nitrogen and oxygen atoms in total. The van der Waals surface area contributed by atoms with E-state index in [0.717, 1.165) is 22.2 Å². The second-order valence-electron chi connectivity index (χ2n) is 4.62. The fourth-order valence-electron chi connectivity index (χ4n) is 2.47. The van der Waals surface area contributed by atoms with Gasteiger partial charge >= 0.3 is 0 Å². The second kappa shape index (κ2) is 4.20. The zero-order chi connectivity index (χ0) is 14.4. The molecule has 21 heavy (non-hydrogen) atoms. The number of fused-ring (bicyclic) bond motifs is 2. The molecule has 0 saturated heterocycles. The summed E-state index contributed by atoms with van der Waals surface area (Å²) in [6.07, 6.45) is 5.52. The number of ether oxygens (including phenoxy) is 1. The maximum absolute atomic E-state index is 5.67. The molecule has 0 saturated carbocycles. The Morgan fingerprint density at radius 1 is 1.14 bits per heavy atom. The first kappa shape index (κ1) is 11.7. The summed E-state index contributed by atoms with van der Waals surface area (Å²) in [5.74, 6) is 0.628. The van der Waals surface area contributed by atoms with Crippen molar-refractivity contribution in [3.8, 4) is 17.0 Å². The highest BCUT2D eigenvalue weighted by molar-refractivity contribution is 5.85. The van der Waals surface area contributed by atoms with Gasteiger partial charge in [-0.2, -0.15) is 10.1 Å². The molecule has 4 aromatic heterocycles. The number of pyridine rings is 1. The van der Waals surface area contributed by atoms with Crippen LogP contribution < -0.4 is 10.5 Å². The van der Waals surface area contributed by atoms with Crippen LogP contribution in [-0.4, -0.2) is 31.3 Å². The minimum Gasteiger partial charge on any atom is -0.479 e. The molecule has 4 aromatic rings. The van der Waals surface area contributed by atoms with Gasteiger partial charge in [-0.3, -0.25) is 0 Å². The van der Waals surface area contributed by atoms with E-state index in [1.807, 2.05) is 35.1 Å². The number of anilines is 1. The van der Waals surface area contributed by atoms with Crippen LogP contribution in [0.15, 0.2) is 42.9 Å². The maximum Gasteiger partial charge on any atom is 0.243 e. The number of nitrogens with two attached hydrogens (primary N) is 1. The molecule has 7 heteroatoms. The van der Waals surface area contributed by atoms with Crippen LogP contribution in [0.25, 0.3) is 22.2 Å². The van der Waals surface area contributed by atoms with Crippen LogP contribution in [0.3, 0.4) is 0 Å². The lowest BCUT2D eigenvalue weighted by Crippen LogP contribution is -2.03. The third kappa shape index (κ3) is 1.71. The summed E-state index contributed by atoms with van der Waals surface area (Å²) < 4.78 is 8.82. The average Bonchev–Trinajstić information content (AvgIpc) is 3.11. The van der Waals surface area contributed by atoms with Gasteiger partial charge in [0.2, 0.25) is 11.8 Å². The molecule has 0 bridgehead atoms. The molecule has 0 aliphatic heterocycles. The zero-order valence-electron chi connectivity index (χ0n) is 11.3. The van der Waals surface area contributed by atoms with Crippen molar-refractivity contribution in [2.45, 2.75) is 0 Å². The van der Waals surface area contributed by atoms with E-state index in [0.29, 0.717) is 5.88 Å². The van der Waals surface area contributed by atoms with Crippen molar-refractivity contribution in [2.75, 3.05) is 12.8 Å². The first-order valence-electron chi connectivity index (χ1n) is 6.39. The average molecular weight is 280 g/mol. The van der Waals surface area contributed by atoms with Crippen molar-refractivity contribution >= 4 is 17.0 Å². The van der Waals surface area contributed by atoms with Crippen molar-refractivity contribution in [3.05, 3.63) is 42.9 Å². The number of methoxy groups -OCH3 is 1. The highest BCUT2D eigenvalue weighted by Crippen LogP contribution is 2.31. The Morgan fingerprint density at radius 2 is 2.00 bits per heavy atom. The third-order valence-electron chi connectivity index (χ3n) is 3.40. The van der Waals surface area contributed by atoms with Crippen LogP contribution in [0, 0.1) is 0 Å². The fourth-order valence-corrected chi connectivity index (χ4v) is 2.47. The highest BCUT2D eigenvalue weighted by atomic mass is 16.5. The van der Waals surface area contributed by atoms with Crippen LogP contribution in [0.4, 0.5) is 5.95 Å². The topological polar surface area (TPSA) is 82.7 Å². The Labute approximate surface area is 119 Å². The summed E-state index contributed by atoms with van der Waals surface area (Å²) >= 11 is 0. The van der Waals surface area contributed by atoms with E-state index < -0.39 is 0 Å². The fraction of sp³-hybridized carbons (Fsp3) is 0.0714. The normalized spacial score (nSPS) is 11.3. The third-order valence-corrected chi connectivity index (χ3v) is 3.40. The van der Waals surface area contributed by atoms with E-state index in [9.17, 15) is 0 Å². The van der Waals surface area contributed by atoms with Gasteiger partial charge in [0.05, 0.1) is 12.6 Å². The molecule has 0 aliphatic carbocycles. The van der Waals surface area contributed by atoms with Crippen molar-refractivity contribution < 1.29 is 4.74 Å². The van der Waals surface area contributed by atoms with Gasteiger partial charge in [-0.15, -0.1) is 5.10 Å². The molecular weight excluding hydrogens is 268 g/mol. The van der Waals surface area contributed by atoms with Crippen LogP contribution in [0.2, 0.25) is 0 Å². The Morgan fingerprint density at radius 3 is 2.86 bits per heavy atom. The molecule has 0 atom stereocenters. The molecule has 104 valence electrons. The van der Waals surface area contributed by atoms with E-state index in [1.165, 1.54) is 0 Å². The lowest BCUT2D eigenvalue weighted by molar-refractivity contribution is 0.400. The number of aromatic nitrogens is 5. The van der Waals surface area contributed by atoms with Gasteiger partial charge < -0.3 is 10.5 Å². The number of rotatable bonds is 2. The van der Waals surface area contributed by atoms with E-state index in [-0.39, 0.29) is 5.95 Å². The molecule has 0 unspecified atom stereocenters. The van der Waals surface area contributed by atoms with E-state index in [4.69, 9.17) is 10.5 Å². The van der Waals surface area contributed by atoms with Gasteiger partial charge in [0.1, 0.15) is 5.52 Å². The Bertz CT molecular complexity index is 955. The lowest BCUT2D eigenvalue weighted by atomic mass is 10.1. The lowest BCUT2D eigenvalue weighted by Gasteiger charge is -2.06. The van der Waals surface area contributed by atoms with Crippen LogP contribution >= 0.6 is 0 Å². The number of nitrogens with zero attached hydrogens (tertiary/aromatic N) is 5. The molecule has 4 heterocycles. The van der Waals surface area contributed by atoms with Crippen LogP contribution in [0.1, 0.15) is 0 Å². The summed E-state index contributed by atoms with van der Waals surface area (Å²) in [4.78, 5) is 4.14. The summed E-state index contributed by atoms with van der Waals surface area (Å²) in [6.45, 7) is 0. The van der Waals surface area contributed by atoms with Gasteiger partial charge in [0, 0.05) is 24.2 Å². The summed E-state index contributed by atoms with van der Waals surface area (Å²) in [5, 5.41) is 8.36. The Hall–Kier alpha value is -3.09. The molecule has 2 N–H and O–H groups in total. The summed E-state index contributed by atoms with van der Waals surface area (Å²) in [6, 6.07) is 7.96. The predicted octanol–water partition coefficient (Wildman–Crippen LogP) is 1.63. The van der Waals surface area contributed by atoms with E-state index in [1.54, 1.807) is 17.8 Å². The number of nitrogen functional groups attached to an aromatic ring is 1. The van der Waals surface area contributed by atoms with E-state index in [2.05, 4.69) is 21.2 Å². The number of hydrogen-bond donors (Lipinski definition) is 1. The molecular formula is C14H12N6O. The minimum absolute atomic E-state index is 0.174. The molecule has 0 fully saturated rings. The van der Waals surface area contributed by atoms with E-state index >= 15 is 0 Å². The van der Waals surface area contributed by atoms with Crippen LogP contribution in [0.5, 0.6) is 5.88 Å². The first-order valence-corrected chi connectivity index (χ1v) is 6.39. The highest BCUT2D eigenvalue weighted by Gasteiger charge is 2.14. The predicted molar refractivity (Wildman–Crippen MR) is 78.1 cm³/mol. The quantitative estimate of drug-likeness (QED) is 0.603. The molecule has 0 radical (unpaired) electrons. The maximum atomic E-state index is 5.67. The number of hydrogen-bond acceptors (Lipinski definition) is 5. The van der Waals surface area contributed by atoms with Crippen LogP contribution in [-0.2, 0) is 0 Å². The standard InChI is InChI=1S/C14H12N6O/c1-21-13-12-11(4-7-20(12)18-14(15)17-13)9-3-6-19-10(8-9)2-5-16-19/h2-8H,1H3,(H2,15,18). The van der Waals surface area contributed by atoms with Gasteiger partial charge in [0.25, 0.3) is 0 Å². The Kier molecular flexibility index (Phi) is 2.34. The monoisotopic (exact) mass is 280 g/mol. The zero-order valence-corrected chi connectivity index (χ0v) is 11.3. The van der Waals surface area contributed by atoms with Gasteiger partial charge in [0.15, 0.2) is 0 Å². The first-order chi connectivity index (χ1) is 10.3. The van der Waals surface area contributed by atoms with Crippen molar-refractivity contribution in [1.29, 1.82) is 0 Å². The largest absolute Gasteiger partial charge is 0.479 e. The SMILES string of the molecule is COc1nc(N)nn2ccc(-c3ccn4nccc4c3)c12. The second-order valence-corrected chi connectivity index (χ2v) is 4.62. The summed E-state index contributed by atoms with van der Waals surface area (Å²) in [7, 11) is 1.57. The smallest absolute Gasteiger partial charge is 0.243 e. The molecule has 4 rings (SSSR count). The molecule has 0 aliphatic rings. The molecule has 0 spiro atoms. The van der Waals surface area contributed by atoms with Gasteiger partial charge in [-0.1, -0.05) is 0 Å². The van der Waals surface area contributed by atoms with Crippen molar-refractivity contribution in [3.63, 3.8) is 0 Å². The van der Waals surface area contributed by atoms with Gasteiger partial charge in [-0.25, -0.2) is 9.03 Å². The summed E-state index contributed by atoms with van der Waals surface area (Å²) in [5.41, 5.74) is 9.50. The van der Waals surface area contributed by atoms with Gasteiger partial charge in [-0.05, 0) is 29.8 Å². The Balaban J connectivity index is 2.01. The van der Waals surface area contributed by atoms with Crippen molar-refractivity contribution in [2.24, 2.45) is 0 Å².